The third-order valence-electron chi connectivity index (χ3n) is 5.24. The van der Waals surface area contributed by atoms with E-state index in [1.807, 2.05) is 0 Å². The first-order chi connectivity index (χ1) is 15.2. The van der Waals surface area contributed by atoms with E-state index < -0.39 is 47.9 Å². The van der Waals surface area contributed by atoms with Gasteiger partial charge in [-0.25, -0.2) is 4.90 Å². The Hall–Kier alpha value is -3.44. The number of carbonyl (C=O) groups is 3. The van der Waals surface area contributed by atoms with E-state index in [-0.39, 0.29) is 13.0 Å². The van der Waals surface area contributed by atoms with Gasteiger partial charge in [-0.1, -0.05) is 30.3 Å². The Morgan fingerprint density at radius 3 is 2.28 bits per heavy atom. The second kappa shape index (κ2) is 8.24. The minimum Gasteiger partial charge on any atom is -0.406 e. The van der Waals surface area contributed by atoms with E-state index in [0.717, 1.165) is 17.0 Å². The standard InChI is InChI=1S/C21H18F3N3O5/c22-21(23,24)31-14-8-6-12(7-9-14)17-16-18(32-26(17)11-10-15(25)28)20(30)27(19(16)29)13-4-2-1-3-5-13/h1-9,16-18H,10-11H2,(H2,25,28). The molecule has 2 saturated heterocycles. The smallest absolute Gasteiger partial charge is 0.406 e. The molecule has 2 aromatic carbocycles. The van der Waals surface area contributed by atoms with Crippen molar-refractivity contribution in [2.24, 2.45) is 11.7 Å². The van der Waals surface area contributed by atoms with Gasteiger partial charge in [0.15, 0.2) is 6.10 Å². The number of benzene rings is 2. The van der Waals surface area contributed by atoms with Crippen LogP contribution in [-0.4, -0.2) is 41.8 Å². The third-order valence-corrected chi connectivity index (χ3v) is 5.24. The van der Waals surface area contributed by atoms with Gasteiger partial charge in [0.05, 0.1) is 17.6 Å². The Balaban J connectivity index is 1.66. The number of hydroxylamine groups is 2. The first-order valence-electron chi connectivity index (χ1n) is 9.66. The van der Waals surface area contributed by atoms with Gasteiger partial charge in [0, 0.05) is 13.0 Å². The molecule has 0 spiro atoms. The maximum atomic E-state index is 13.3. The van der Waals surface area contributed by atoms with Crippen molar-refractivity contribution < 1.29 is 37.1 Å². The number of imide groups is 1. The van der Waals surface area contributed by atoms with Crippen molar-refractivity contribution in [1.82, 2.24) is 5.06 Å². The fourth-order valence-electron chi connectivity index (χ4n) is 3.95. The number of anilines is 1. The van der Waals surface area contributed by atoms with Gasteiger partial charge in [-0.3, -0.25) is 19.2 Å². The molecule has 3 unspecified atom stereocenters. The monoisotopic (exact) mass is 449 g/mol. The Morgan fingerprint density at radius 2 is 1.69 bits per heavy atom. The van der Waals surface area contributed by atoms with Crippen LogP contribution in [0.4, 0.5) is 18.9 Å². The van der Waals surface area contributed by atoms with Gasteiger partial charge in [0.2, 0.25) is 11.8 Å². The van der Waals surface area contributed by atoms with Gasteiger partial charge in [-0.05, 0) is 29.8 Å². The average molecular weight is 449 g/mol. The number of fused-ring (bicyclic) bond motifs is 1. The maximum Gasteiger partial charge on any atom is 0.573 e. The van der Waals surface area contributed by atoms with Crippen LogP contribution in [0.3, 0.4) is 0 Å². The highest BCUT2D eigenvalue weighted by Crippen LogP contribution is 2.46. The van der Waals surface area contributed by atoms with Crippen LogP contribution < -0.4 is 15.4 Å². The highest BCUT2D eigenvalue weighted by molar-refractivity contribution is 6.23. The van der Waals surface area contributed by atoms with Crippen LogP contribution in [0.15, 0.2) is 54.6 Å². The fraction of sp³-hybridized carbons (Fsp3) is 0.286. The molecule has 0 aromatic heterocycles. The number of para-hydroxylation sites is 1. The molecule has 8 nitrogen and oxygen atoms in total. The number of halogens is 3. The van der Waals surface area contributed by atoms with E-state index in [9.17, 15) is 27.6 Å². The summed E-state index contributed by atoms with van der Waals surface area (Å²) in [5.74, 6) is -3.06. The van der Waals surface area contributed by atoms with Crippen molar-refractivity contribution >= 4 is 23.4 Å². The SMILES string of the molecule is NC(=O)CCN1OC2C(=O)N(c3ccccc3)C(=O)C2C1c1ccc(OC(F)(F)F)cc1. The molecule has 0 aliphatic carbocycles. The maximum absolute atomic E-state index is 13.3. The van der Waals surface area contributed by atoms with Crippen LogP contribution in [-0.2, 0) is 19.2 Å². The summed E-state index contributed by atoms with van der Waals surface area (Å²) in [6, 6.07) is 12.4. The first kappa shape index (κ1) is 21.8. The van der Waals surface area contributed by atoms with Gasteiger partial charge >= 0.3 is 6.36 Å². The summed E-state index contributed by atoms with van der Waals surface area (Å²) < 4.78 is 41.3. The number of nitrogens with zero attached hydrogens (tertiary/aromatic N) is 2. The zero-order valence-electron chi connectivity index (χ0n) is 16.5. The minimum absolute atomic E-state index is 0.000298. The topological polar surface area (TPSA) is 102 Å². The number of nitrogens with two attached hydrogens (primary N) is 1. The largest absolute Gasteiger partial charge is 0.573 e. The lowest BCUT2D eigenvalue weighted by molar-refractivity contribution is -0.274. The van der Waals surface area contributed by atoms with Gasteiger partial charge in [-0.2, -0.15) is 5.06 Å². The molecule has 168 valence electrons. The summed E-state index contributed by atoms with van der Waals surface area (Å²) in [4.78, 5) is 44.3. The van der Waals surface area contributed by atoms with Gasteiger partial charge in [-0.15, -0.1) is 13.2 Å². The number of ether oxygens (including phenoxy) is 1. The lowest BCUT2D eigenvalue weighted by atomic mass is 9.90. The minimum atomic E-state index is -4.85. The van der Waals surface area contributed by atoms with Crippen molar-refractivity contribution in [1.29, 1.82) is 0 Å². The van der Waals surface area contributed by atoms with Gasteiger partial charge < -0.3 is 10.5 Å². The number of hydrogen-bond acceptors (Lipinski definition) is 6. The Bertz CT molecular complexity index is 1030. The zero-order chi connectivity index (χ0) is 23.0. The molecule has 0 radical (unpaired) electrons. The second-order valence-electron chi connectivity index (χ2n) is 7.32. The Morgan fingerprint density at radius 1 is 1.03 bits per heavy atom. The number of amides is 3. The normalized spacial score (nSPS) is 23.5. The summed E-state index contributed by atoms with van der Waals surface area (Å²) in [6.45, 7) is -0.000298. The quantitative estimate of drug-likeness (QED) is 0.679. The Labute approximate surface area is 180 Å². The molecule has 3 atom stereocenters. The first-order valence-corrected chi connectivity index (χ1v) is 9.66. The summed E-state index contributed by atoms with van der Waals surface area (Å²) in [5.41, 5.74) is 6.03. The van der Waals surface area contributed by atoms with Crippen LogP contribution in [0.25, 0.3) is 0 Å². The zero-order valence-corrected chi connectivity index (χ0v) is 16.5. The van der Waals surface area contributed by atoms with Crippen molar-refractivity contribution in [2.45, 2.75) is 24.9 Å². The van der Waals surface area contributed by atoms with Crippen LogP contribution in [0, 0.1) is 5.92 Å². The third kappa shape index (κ3) is 4.16. The Kier molecular flexibility index (Phi) is 5.61. The number of carbonyl (C=O) groups excluding carboxylic acids is 3. The molecule has 32 heavy (non-hydrogen) atoms. The molecule has 2 aliphatic heterocycles. The molecule has 2 N–H and O–H groups in total. The van der Waals surface area contributed by atoms with Gasteiger partial charge in [0.25, 0.3) is 5.91 Å². The molecule has 0 bridgehead atoms. The van der Waals surface area contributed by atoms with E-state index in [2.05, 4.69) is 4.74 Å². The summed E-state index contributed by atoms with van der Waals surface area (Å²) >= 11 is 0. The van der Waals surface area contributed by atoms with Crippen molar-refractivity contribution in [3.05, 3.63) is 60.2 Å². The predicted octanol–water partition coefficient (Wildman–Crippen LogP) is 2.31. The fourth-order valence-corrected chi connectivity index (χ4v) is 3.95. The average Bonchev–Trinajstić information content (AvgIpc) is 3.22. The summed E-state index contributed by atoms with van der Waals surface area (Å²) in [5, 5.41) is 1.32. The van der Waals surface area contributed by atoms with Crippen molar-refractivity contribution in [3.63, 3.8) is 0 Å². The van der Waals surface area contributed by atoms with Crippen LogP contribution in [0.5, 0.6) is 5.75 Å². The molecule has 2 aliphatic rings. The van der Waals surface area contributed by atoms with E-state index in [1.165, 1.54) is 17.2 Å². The highest BCUT2D eigenvalue weighted by Gasteiger charge is 2.59. The number of rotatable bonds is 6. The van der Waals surface area contributed by atoms with E-state index >= 15 is 0 Å². The molecule has 11 heteroatoms. The predicted molar refractivity (Wildman–Crippen MR) is 104 cm³/mol. The molecule has 2 aromatic rings. The lowest BCUT2D eigenvalue weighted by Crippen LogP contribution is -2.38. The molecule has 3 amide bonds. The van der Waals surface area contributed by atoms with Gasteiger partial charge in [0.1, 0.15) is 5.75 Å². The van der Waals surface area contributed by atoms with Crippen LogP contribution in [0.1, 0.15) is 18.0 Å². The second-order valence-corrected chi connectivity index (χ2v) is 7.32. The number of hydrogen-bond donors (Lipinski definition) is 1. The molecule has 4 rings (SSSR count). The molecule has 0 saturated carbocycles. The van der Waals surface area contributed by atoms with E-state index in [1.54, 1.807) is 30.3 Å². The van der Waals surface area contributed by atoms with E-state index in [4.69, 9.17) is 10.6 Å². The molecular formula is C21H18F3N3O5. The number of primary amides is 1. The van der Waals surface area contributed by atoms with Crippen LogP contribution >= 0.6 is 0 Å². The van der Waals surface area contributed by atoms with Crippen LogP contribution in [0.2, 0.25) is 0 Å². The number of alkyl halides is 3. The van der Waals surface area contributed by atoms with Crippen molar-refractivity contribution in [3.8, 4) is 5.75 Å². The van der Waals surface area contributed by atoms with Crippen molar-refractivity contribution in [2.75, 3.05) is 11.4 Å². The summed E-state index contributed by atoms with van der Waals surface area (Å²) in [7, 11) is 0. The molecule has 2 heterocycles. The highest BCUT2D eigenvalue weighted by atomic mass is 19.4. The summed E-state index contributed by atoms with van der Waals surface area (Å²) in [6.07, 6.45) is -6.08. The lowest BCUT2D eigenvalue weighted by Gasteiger charge is -2.27. The molecule has 2 fully saturated rings. The van der Waals surface area contributed by atoms with E-state index in [0.29, 0.717) is 11.3 Å². The molecular weight excluding hydrogens is 431 g/mol.